The molecule has 1 N–H and O–H groups in total. The molecule has 0 fully saturated rings. The molecular weight excluding hydrogens is 442 g/mol. The van der Waals surface area contributed by atoms with Crippen LogP contribution in [0.15, 0.2) is 54.6 Å². The molecule has 4 aromatic rings. The van der Waals surface area contributed by atoms with E-state index < -0.39 is 0 Å². The highest BCUT2D eigenvalue weighted by atomic mass is 35.5. The minimum Gasteiger partial charge on any atom is -0.356 e. The van der Waals surface area contributed by atoms with Gasteiger partial charge in [-0.3, -0.25) is 4.79 Å². The van der Waals surface area contributed by atoms with Gasteiger partial charge in [0.1, 0.15) is 5.82 Å². The van der Waals surface area contributed by atoms with Crippen LogP contribution in [0.25, 0.3) is 11.0 Å². The molecule has 5 heteroatoms. The molecule has 1 heterocycles. The lowest BCUT2D eigenvalue weighted by Crippen LogP contribution is -2.26. The van der Waals surface area contributed by atoms with Crippen LogP contribution in [0.2, 0.25) is 5.02 Å². The van der Waals surface area contributed by atoms with Gasteiger partial charge in [-0.2, -0.15) is 0 Å². The molecule has 0 saturated heterocycles. The van der Waals surface area contributed by atoms with Gasteiger partial charge in [-0.15, -0.1) is 0 Å². The van der Waals surface area contributed by atoms with Gasteiger partial charge in [-0.25, -0.2) is 4.98 Å². The second-order valence-corrected chi connectivity index (χ2v) is 9.47. The first-order valence-corrected chi connectivity index (χ1v) is 12.2. The highest BCUT2D eigenvalue weighted by Crippen LogP contribution is 2.26. The Balaban J connectivity index is 1.48. The summed E-state index contributed by atoms with van der Waals surface area (Å²) in [5, 5.41) is 3.66. The van der Waals surface area contributed by atoms with Gasteiger partial charge in [0.2, 0.25) is 5.91 Å². The molecule has 1 aromatic heterocycles. The van der Waals surface area contributed by atoms with E-state index in [1.54, 1.807) is 0 Å². The Morgan fingerprint density at radius 1 is 0.971 bits per heavy atom. The molecule has 0 bridgehead atoms. The first-order valence-electron chi connectivity index (χ1n) is 11.9. The third kappa shape index (κ3) is 5.18. The molecule has 34 heavy (non-hydrogen) atoms. The van der Waals surface area contributed by atoms with Crippen LogP contribution in [0.3, 0.4) is 0 Å². The summed E-state index contributed by atoms with van der Waals surface area (Å²) in [6, 6.07) is 18.1. The molecule has 0 aliphatic heterocycles. The number of halogens is 1. The van der Waals surface area contributed by atoms with Gasteiger partial charge in [-0.1, -0.05) is 48.0 Å². The molecule has 176 valence electrons. The third-order valence-electron chi connectivity index (χ3n) is 6.78. The first-order chi connectivity index (χ1) is 16.3. The number of carbonyl (C=O) groups is 1. The van der Waals surface area contributed by atoms with E-state index >= 15 is 0 Å². The van der Waals surface area contributed by atoms with Gasteiger partial charge >= 0.3 is 0 Å². The number of nitrogens with one attached hydrogen (secondary N) is 1. The highest BCUT2D eigenvalue weighted by molar-refractivity contribution is 6.31. The predicted molar refractivity (Wildman–Crippen MR) is 141 cm³/mol. The zero-order chi connectivity index (χ0) is 24.2. The second-order valence-electron chi connectivity index (χ2n) is 9.06. The van der Waals surface area contributed by atoms with Gasteiger partial charge in [0.15, 0.2) is 0 Å². The van der Waals surface area contributed by atoms with Crippen LogP contribution >= 0.6 is 11.6 Å². The summed E-state index contributed by atoms with van der Waals surface area (Å²) in [6.45, 7) is 10.2. The minimum atomic E-state index is -0.0110. The maximum atomic E-state index is 12.4. The maximum Gasteiger partial charge on any atom is 0.224 e. The largest absolute Gasteiger partial charge is 0.356 e. The molecule has 3 aromatic carbocycles. The van der Waals surface area contributed by atoms with Crippen LogP contribution < -0.4 is 5.32 Å². The number of imidazole rings is 1. The molecule has 0 aliphatic carbocycles. The molecule has 0 unspecified atom stereocenters. The van der Waals surface area contributed by atoms with Crippen LogP contribution in [0.1, 0.15) is 45.6 Å². The fourth-order valence-electron chi connectivity index (χ4n) is 4.54. The zero-order valence-corrected chi connectivity index (χ0v) is 21.2. The Hall–Kier alpha value is -3.11. The SMILES string of the molecule is Cc1cc(C)c(C)c(Cn2c(CCCNC(=O)Cc3ccccc3Cl)nc3ccccc32)c1C. The van der Waals surface area contributed by atoms with E-state index in [2.05, 4.69) is 61.8 Å². The smallest absolute Gasteiger partial charge is 0.224 e. The van der Waals surface area contributed by atoms with Crippen molar-refractivity contribution in [2.24, 2.45) is 0 Å². The van der Waals surface area contributed by atoms with E-state index in [1.165, 1.54) is 27.8 Å². The summed E-state index contributed by atoms with van der Waals surface area (Å²) >= 11 is 6.18. The number of rotatable bonds is 8. The third-order valence-corrected chi connectivity index (χ3v) is 7.15. The Labute approximate surface area is 207 Å². The van der Waals surface area contributed by atoms with Crippen molar-refractivity contribution in [3.8, 4) is 0 Å². The van der Waals surface area contributed by atoms with Gasteiger partial charge in [0.05, 0.1) is 17.5 Å². The Bertz CT molecular complexity index is 1310. The number of carbonyl (C=O) groups excluding carboxylic acids is 1. The normalized spacial score (nSPS) is 11.2. The van der Waals surface area contributed by atoms with E-state index in [9.17, 15) is 4.79 Å². The number of benzene rings is 3. The Morgan fingerprint density at radius 2 is 1.65 bits per heavy atom. The van der Waals surface area contributed by atoms with E-state index in [-0.39, 0.29) is 5.91 Å². The second kappa shape index (κ2) is 10.4. The monoisotopic (exact) mass is 473 g/mol. The summed E-state index contributed by atoms with van der Waals surface area (Å²) in [5.41, 5.74) is 9.73. The van der Waals surface area contributed by atoms with E-state index in [0.29, 0.717) is 18.0 Å². The number of nitrogens with zero attached hydrogens (tertiary/aromatic N) is 2. The molecular formula is C29H32ClN3O. The number of aryl methyl sites for hydroxylation is 3. The van der Waals surface area contributed by atoms with Crippen molar-refractivity contribution in [3.05, 3.63) is 98.8 Å². The van der Waals surface area contributed by atoms with Gasteiger partial charge < -0.3 is 9.88 Å². The molecule has 4 rings (SSSR count). The Morgan fingerprint density at radius 3 is 2.38 bits per heavy atom. The fraction of sp³-hybridized carbons (Fsp3) is 0.310. The van der Waals surface area contributed by atoms with Crippen LogP contribution in [0.4, 0.5) is 0 Å². The molecule has 0 spiro atoms. The number of aromatic nitrogens is 2. The lowest BCUT2D eigenvalue weighted by Gasteiger charge is -2.18. The van der Waals surface area contributed by atoms with Crippen LogP contribution in [-0.4, -0.2) is 22.0 Å². The molecule has 0 radical (unpaired) electrons. The quantitative estimate of drug-likeness (QED) is 0.307. The van der Waals surface area contributed by atoms with Crippen molar-refractivity contribution in [2.75, 3.05) is 6.54 Å². The summed E-state index contributed by atoms with van der Waals surface area (Å²) in [6.07, 6.45) is 1.91. The zero-order valence-electron chi connectivity index (χ0n) is 20.4. The van der Waals surface area contributed by atoms with Crippen LogP contribution in [-0.2, 0) is 24.2 Å². The van der Waals surface area contributed by atoms with Crippen molar-refractivity contribution < 1.29 is 4.79 Å². The number of fused-ring (bicyclic) bond motifs is 1. The standard InChI is InChI=1S/C29H32ClN3O/c1-19-16-20(2)22(4)24(21(19)3)18-33-27-13-8-7-12-26(27)32-28(33)14-9-15-31-29(34)17-23-10-5-6-11-25(23)30/h5-8,10-13,16H,9,14-15,17-18H2,1-4H3,(H,31,34). The summed E-state index contributed by atoms with van der Waals surface area (Å²) in [5.74, 6) is 1.04. The summed E-state index contributed by atoms with van der Waals surface area (Å²) in [4.78, 5) is 17.3. The van der Waals surface area contributed by atoms with Crippen molar-refractivity contribution in [1.82, 2.24) is 14.9 Å². The minimum absolute atomic E-state index is 0.0110. The molecule has 0 aliphatic rings. The van der Waals surface area contributed by atoms with E-state index in [4.69, 9.17) is 16.6 Å². The Kier molecular flexibility index (Phi) is 7.38. The van der Waals surface area contributed by atoms with Crippen molar-refractivity contribution >= 4 is 28.5 Å². The van der Waals surface area contributed by atoms with Gasteiger partial charge in [-0.05, 0) is 85.7 Å². The number of hydrogen-bond donors (Lipinski definition) is 1. The predicted octanol–water partition coefficient (Wildman–Crippen LogP) is 6.26. The first kappa shape index (κ1) is 24.0. The lowest BCUT2D eigenvalue weighted by atomic mass is 9.94. The summed E-state index contributed by atoms with van der Waals surface area (Å²) < 4.78 is 2.34. The summed E-state index contributed by atoms with van der Waals surface area (Å²) in [7, 11) is 0. The average molecular weight is 474 g/mol. The molecule has 0 saturated carbocycles. The lowest BCUT2D eigenvalue weighted by molar-refractivity contribution is -0.120. The number of amides is 1. The molecule has 1 amide bonds. The molecule has 4 nitrogen and oxygen atoms in total. The van der Waals surface area contributed by atoms with Crippen molar-refractivity contribution in [2.45, 2.75) is 53.5 Å². The highest BCUT2D eigenvalue weighted by Gasteiger charge is 2.15. The number of para-hydroxylation sites is 2. The van der Waals surface area contributed by atoms with Crippen LogP contribution in [0, 0.1) is 27.7 Å². The van der Waals surface area contributed by atoms with Crippen LogP contribution in [0.5, 0.6) is 0 Å². The average Bonchev–Trinajstić information content (AvgIpc) is 3.17. The number of hydrogen-bond acceptors (Lipinski definition) is 2. The molecule has 0 atom stereocenters. The fourth-order valence-corrected chi connectivity index (χ4v) is 4.74. The maximum absolute atomic E-state index is 12.4. The topological polar surface area (TPSA) is 46.9 Å². The van der Waals surface area contributed by atoms with Gasteiger partial charge in [0.25, 0.3) is 0 Å². The van der Waals surface area contributed by atoms with E-state index in [0.717, 1.165) is 41.8 Å². The van der Waals surface area contributed by atoms with Crippen molar-refractivity contribution in [3.63, 3.8) is 0 Å². The van der Waals surface area contributed by atoms with Crippen molar-refractivity contribution in [1.29, 1.82) is 0 Å². The van der Waals surface area contributed by atoms with E-state index in [1.807, 2.05) is 30.3 Å². The van der Waals surface area contributed by atoms with Gasteiger partial charge in [0, 0.05) is 24.5 Å².